The van der Waals surface area contributed by atoms with Crippen molar-refractivity contribution in [1.82, 2.24) is 9.47 Å². The minimum absolute atomic E-state index is 0.559. The Balaban J connectivity index is 1.85. The molecule has 1 heterocycles. The van der Waals surface area contributed by atoms with E-state index in [1.54, 1.807) is 0 Å². The Morgan fingerprint density at radius 1 is 1.04 bits per heavy atom. The summed E-state index contributed by atoms with van der Waals surface area (Å²) in [5.74, 6) is 0.976. The van der Waals surface area contributed by atoms with E-state index in [2.05, 4.69) is 86.1 Å². The molecule has 2 aromatic carbocycles. The molecule has 0 unspecified atom stereocenters. The zero-order valence-electron chi connectivity index (χ0n) is 15.7. The molecular formula is C22H28N2O. The van der Waals surface area contributed by atoms with E-state index in [1.165, 1.54) is 22.0 Å². The summed E-state index contributed by atoms with van der Waals surface area (Å²) >= 11 is 0. The molecule has 0 aliphatic rings. The van der Waals surface area contributed by atoms with Gasteiger partial charge in [0, 0.05) is 31.2 Å². The second kappa shape index (κ2) is 7.75. The number of nitrogens with zero attached hydrogens (tertiary/aromatic N) is 2. The molecule has 132 valence electrons. The topological polar surface area (TPSA) is 17.4 Å². The highest BCUT2D eigenvalue weighted by molar-refractivity contribution is 5.90. The van der Waals surface area contributed by atoms with E-state index in [1.807, 2.05) is 6.07 Å². The molecule has 0 aliphatic carbocycles. The van der Waals surface area contributed by atoms with Crippen LogP contribution >= 0.6 is 0 Å². The molecule has 3 heteroatoms. The van der Waals surface area contributed by atoms with Gasteiger partial charge in [0.05, 0.1) is 5.52 Å². The van der Waals surface area contributed by atoms with Crippen LogP contribution in [0.1, 0.15) is 25.0 Å². The minimum atomic E-state index is 0.559. The molecule has 25 heavy (non-hydrogen) atoms. The van der Waals surface area contributed by atoms with E-state index in [9.17, 15) is 0 Å². The lowest BCUT2D eigenvalue weighted by atomic mass is 10.1. The van der Waals surface area contributed by atoms with Crippen LogP contribution in [0.3, 0.4) is 0 Å². The predicted octanol–water partition coefficient (Wildman–Crippen LogP) is 4.64. The monoisotopic (exact) mass is 336 g/mol. The van der Waals surface area contributed by atoms with Gasteiger partial charge in [-0.2, -0.15) is 0 Å². The van der Waals surface area contributed by atoms with E-state index in [-0.39, 0.29) is 0 Å². The van der Waals surface area contributed by atoms with Crippen molar-refractivity contribution < 1.29 is 4.74 Å². The number of benzene rings is 2. The Labute approximate surface area is 150 Å². The highest BCUT2D eigenvalue weighted by atomic mass is 16.5. The van der Waals surface area contributed by atoms with E-state index < -0.39 is 0 Å². The maximum Gasteiger partial charge on any atom is 0.129 e. The van der Waals surface area contributed by atoms with Crippen LogP contribution in [0, 0.1) is 0 Å². The molecule has 3 aromatic rings. The van der Waals surface area contributed by atoms with Gasteiger partial charge in [-0.1, -0.05) is 36.4 Å². The second-order valence-electron chi connectivity index (χ2n) is 7.01. The molecule has 0 aliphatic heterocycles. The molecule has 3 rings (SSSR count). The summed E-state index contributed by atoms with van der Waals surface area (Å²) in [6.45, 7) is 6.11. The predicted molar refractivity (Wildman–Crippen MR) is 105 cm³/mol. The fourth-order valence-corrected chi connectivity index (χ4v) is 3.10. The van der Waals surface area contributed by atoms with Crippen molar-refractivity contribution in [2.45, 2.75) is 32.9 Å². The number of hydrogen-bond donors (Lipinski definition) is 0. The first kappa shape index (κ1) is 17.6. The van der Waals surface area contributed by atoms with Crippen molar-refractivity contribution in [3.8, 4) is 5.75 Å². The summed E-state index contributed by atoms with van der Waals surface area (Å²) in [7, 11) is 4.29. The number of aromatic nitrogens is 1. The molecule has 0 bridgehead atoms. The first-order valence-corrected chi connectivity index (χ1v) is 9.00. The van der Waals surface area contributed by atoms with Gasteiger partial charge in [-0.05, 0) is 50.6 Å². The average molecular weight is 336 g/mol. The summed E-state index contributed by atoms with van der Waals surface area (Å²) in [5.41, 5.74) is 3.78. The highest BCUT2D eigenvalue weighted by Crippen LogP contribution is 2.31. The average Bonchev–Trinajstić information content (AvgIpc) is 2.95. The molecule has 0 N–H and O–H groups in total. The van der Waals surface area contributed by atoms with Gasteiger partial charge in [-0.15, -0.1) is 0 Å². The molecule has 0 atom stereocenters. The van der Waals surface area contributed by atoms with Gasteiger partial charge in [-0.3, -0.25) is 0 Å². The van der Waals surface area contributed by atoms with Crippen molar-refractivity contribution in [2.75, 3.05) is 13.6 Å². The number of rotatable bonds is 7. The van der Waals surface area contributed by atoms with Crippen molar-refractivity contribution in [2.24, 2.45) is 7.05 Å². The third kappa shape index (κ3) is 4.05. The summed E-state index contributed by atoms with van der Waals surface area (Å²) in [5, 5.41) is 1.25. The Hall–Kier alpha value is -2.26. The Morgan fingerprint density at radius 2 is 1.80 bits per heavy atom. The molecule has 1 aromatic heterocycles. The van der Waals surface area contributed by atoms with E-state index in [4.69, 9.17) is 4.74 Å². The summed E-state index contributed by atoms with van der Waals surface area (Å²) in [6, 6.07) is 17.2. The summed E-state index contributed by atoms with van der Waals surface area (Å²) < 4.78 is 8.39. The van der Waals surface area contributed by atoms with Crippen molar-refractivity contribution in [3.05, 3.63) is 65.9 Å². The van der Waals surface area contributed by atoms with Gasteiger partial charge in [0.15, 0.2) is 0 Å². The summed E-state index contributed by atoms with van der Waals surface area (Å²) in [4.78, 5) is 2.38. The smallest absolute Gasteiger partial charge is 0.129 e. The fraction of sp³-hybridized carbons (Fsp3) is 0.364. The largest absolute Gasteiger partial charge is 0.488 e. The van der Waals surface area contributed by atoms with Crippen molar-refractivity contribution >= 4 is 10.9 Å². The molecule has 0 saturated carbocycles. The van der Waals surface area contributed by atoms with Crippen LogP contribution in [0.2, 0.25) is 0 Å². The first-order valence-electron chi connectivity index (χ1n) is 9.00. The molecule has 0 amide bonds. The van der Waals surface area contributed by atoms with Crippen molar-refractivity contribution in [3.63, 3.8) is 0 Å². The molecule has 0 saturated heterocycles. The van der Waals surface area contributed by atoms with Crippen LogP contribution in [-0.4, -0.2) is 29.1 Å². The van der Waals surface area contributed by atoms with Gasteiger partial charge in [0.25, 0.3) is 0 Å². The van der Waals surface area contributed by atoms with Gasteiger partial charge in [-0.25, -0.2) is 0 Å². The van der Waals surface area contributed by atoms with Crippen molar-refractivity contribution in [1.29, 1.82) is 0 Å². The molecule has 3 nitrogen and oxygen atoms in total. The zero-order valence-corrected chi connectivity index (χ0v) is 15.7. The lowest BCUT2D eigenvalue weighted by Gasteiger charge is -2.20. The number of fused-ring (bicyclic) bond motifs is 1. The van der Waals surface area contributed by atoms with Gasteiger partial charge in [0.2, 0.25) is 0 Å². The molecule has 0 fully saturated rings. The van der Waals surface area contributed by atoms with E-state index in [0.717, 1.165) is 18.7 Å². The highest BCUT2D eigenvalue weighted by Gasteiger charge is 2.13. The number of likely N-dealkylation sites (N-methyl/N-ethyl adjacent to an activating group) is 1. The standard InChI is InChI=1S/C22H28N2O/c1-17(2)23(3)14-13-19-15-24(4)20-11-8-12-21(22(19)20)25-16-18-9-6-5-7-10-18/h5-12,15,17H,13-14,16H2,1-4H3. The van der Waals surface area contributed by atoms with Gasteiger partial charge < -0.3 is 14.2 Å². The van der Waals surface area contributed by atoms with E-state index >= 15 is 0 Å². The number of ether oxygens (including phenoxy) is 1. The Morgan fingerprint density at radius 3 is 2.52 bits per heavy atom. The Bertz CT molecular complexity index is 821. The van der Waals surface area contributed by atoms with Crippen LogP contribution in [0.4, 0.5) is 0 Å². The first-order chi connectivity index (χ1) is 12.1. The molecular weight excluding hydrogens is 308 g/mol. The maximum atomic E-state index is 6.19. The minimum Gasteiger partial charge on any atom is -0.488 e. The summed E-state index contributed by atoms with van der Waals surface area (Å²) in [6.07, 6.45) is 3.27. The van der Waals surface area contributed by atoms with Crippen LogP contribution in [0.15, 0.2) is 54.7 Å². The third-order valence-electron chi connectivity index (χ3n) is 4.91. The number of aryl methyl sites for hydroxylation is 1. The number of hydrogen-bond acceptors (Lipinski definition) is 2. The normalized spacial score (nSPS) is 11.6. The second-order valence-corrected chi connectivity index (χ2v) is 7.01. The molecule has 0 radical (unpaired) electrons. The molecule has 0 spiro atoms. The SMILES string of the molecule is CC(C)N(C)CCc1cn(C)c2cccc(OCc3ccccc3)c12. The maximum absolute atomic E-state index is 6.19. The van der Waals surface area contributed by atoms with Crippen LogP contribution in [0.25, 0.3) is 10.9 Å². The fourth-order valence-electron chi connectivity index (χ4n) is 3.10. The van der Waals surface area contributed by atoms with E-state index in [0.29, 0.717) is 12.6 Å². The van der Waals surface area contributed by atoms with Crippen LogP contribution in [0.5, 0.6) is 5.75 Å². The third-order valence-corrected chi connectivity index (χ3v) is 4.91. The van der Waals surface area contributed by atoms with Gasteiger partial charge >= 0.3 is 0 Å². The van der Waals surface area contributed by atoms with Crippen LogP contribution in [-0.2, 0) is 20.1 Å². The lowest BCUT2D eigenvalue weighted by molar-refractivity contribution is 0.277. The van der Waals surface area contributed by atoms with Crippen LogP contribution < -0.4 is 4.74 Å². The Kier molecular flexibility index (Phi) is 5.44. The quantitative estimate of drug-likeness (QED) is 0.625. The zero-order chi connectivity index (χ0) is 17.8. The lowest BCUT2D eigenvalue weighted by Crippen LogP contribution is -2.28. The van der Waals surface area contributed by atoms with Gasteiger partial charge in [0.1, 0.15) is 12.4 Å².